The van der Waals surface area contributed by atoms with Crippen LogP contribution in [0.25, 0.3) is 0 Å². The fraction of sp³-hybridized carbons (Fsp3) is 0.0769. The Morgan fingerprint density at radius 2 is 2.00 bits per heavy atom. The van der Waals surface area contributed by atoms with Gasteiger partial charge in [0.25, 0.3) is 6.43 Å². The summed E-state index contributed by atoms with van der Waals surface area (Å²) in [7, 11) is 0. The summed E-state index contributed by atoms with van der Waals surface area (Å²) in [6.45, 7) is 0. The van der Waals surface area contributed by atoms with Gasteiger partial charge in [-0.3, -0.25) is 9.78 Å². The smallest absolute Gasteiger partial charge is 0.265 e. The number of hydrogen-bond donors (Lipinski definition) is 1. The number of nitrogen functional groups attached to an aromatic ring is 1. The van der Waals surface area contributed by atoms with Crippen LogP contribution in [-0.4, -0.2) is 10.8 Å². The summed E-state index contributed by atoms with van der Waals surface area (Å²) in [6, 6.07) is 7.18. The number of nitrogens with zero attached hydrogens (tertiary/aromatic N) is 1. The minimum Gasteiger partial charge on any atom is -0.398 e. The summed E-state index contributed by atoms with van der Waals surface area (Å²) in [5.41, 5.74) is 5.48. The number of carbonyl (C=O) groups excluding carboxylic acids is 1. The predicted molar refractivity (Wildman–Crippen MR) is 63.5 cm³/mol. The molecule has 0 unspecified atom stereocenters. The summed E-state index contributed by atoms with van der Waals surface area (Å²) in [5, 5.41) is 0. The Morgan fingerprint density at radius 1 is 1.22 bits per heavy atom. The van der Waals surface area contributed by atoms with Gasteiger partial charge in [-0.25, -0.2) is 8.78 Å². The first-order chi connectivity index (χ1) is 8.61. The van der Waals surface area contributed by atoms with E-state index < -0.39 is 12.2 Å². The molecule has 0 aliphatic rings. The van der Waals surface area contributed by atoms with Crippen LogP contribution >= 0.6 is 0 Å². The van der Waals surface area contributed by atoms with Crippen LogP contribution in [0.1, 0.15) is 27.9 Å². The standard InChI is InChI=1S/C13H10F2N2O/c14-13(15)10-5-1-4-9(11(10)16)12(18)8-3-2-6-17-7-8/h1-7,13H,16H2. The van der Waals surface area contributed by atoms with Crippen molar-refractivity contribution in [3.63, 3.8) is 0 Å². The van der Waals surface area contributed by atoms with E-state index in [4.69, 9.17) is 5.73 Å². The van der Waals surface area contributed by atoms with Crippen molar-refractivity contribution >= 4 is 11.5 Å². The van der Waals surface area contributed by atoms with Crippen LogP contribution in [0.15, 0.2) is 42.7 Å². The highest BCUT2D eigenvalue weighted by atomic mass is 19.3. The number of benzene rings is 1. The molecule has 3 nitrogen and oxygen atoms in total. The van der Waals surface area contributed by atoms with Gasteiger partial charge >= 0.3 is 0 Å². The fourth-order valence-electron chi connectivity index (χ4n) is 1.62. The van der Waals surface area contributed by atoms with E-state index in [0.717, 1.165) is 0 Å². The maximum atomic E-state index is 12.7. The number of rotatable bonds is 3. The Balaban J connectivity index is 2.47. The Hall–Kier alpha value is -2.30. The summed E-state index contributed by atoms with van der Waals surface area (Å²) in [5.74, 6) is -0.414. The Bertz CT molecular complexity index is 570. The monoisotopic (exact) mass is 248 g/mol. The molecule has 0 saturated heterocycles. The number of hydrogen-bond acceptors (Lipinski definition) is 3. The van der Waals surface area contributed by atoms with E-state index in [-0.39, 0.29) is 16.8 Å². The number of para-hydroxylation sites is 1. The molecule has 2 N–H and O–H groups in total. The molecule has 1 aromatic heterocycles. The second kappa shape index (κ2) is 4.91. The topological polar surface area (TPSA) is 56.0 Å². The first-order valence-corrected chi connectivity index (χ1v) is 5.22. The number of alkyl halides is 2. The average molecular weight is 248 g/mol. The van der Waals surface area contributed by atoms with E-state index in [0.29, 0.717) is 5.56 Å². The number of aromatic nitrogens is 1. The molecule has 5 heteroatoms. The zero-order valence-electron chi connectivity index (χ0n) is 9.31. The number of nitrogens with two attached hydrogens (primary N) is 1. The molecule has 92 valence electrons. The fourth-order valence-corrected chi connectivity index (χ4v) is 1.62. The molecule has 2 aromatic rings. The van der Waals surface area contributed by atoms with E-state index in [1.807, 2.05) is 0 Å². The SMILES string of the molecule is Nc1c(C(=O)c2cccnc2)cccc1C(F)F. The van der Waals surface area contributed by atoms with Gasteiger partial charge < -0.3 is 5.73 Å². The van der Waals surface area contributed by atoms with Crippen molar-refractivity contribution in [3.8, 4) is 0 Å². The van der Waals surface area contributed by atoms with Gasteiger partial charge in [-0.1, -0.05) is 12.1 Å². The first kappa shape index (κ1) is 12.2. The van der Waals surface area contributed by atoms with Crippen LogP contribution in [0, 0.1) is 0 Å². The molecule has 0 atom stereocenters. The van der Waals surface area contributed by atoms with Crippen molar-refractivity contribution in [1.29, 1.82) is 0 Å². The van der Waals surface area contributed by atoms with Crippen molar-refractivity contribution in [1.82, 2.24) is 4.98 Å². The molecule has 1 aromatic carbocycles. The Labute approximate surface area is 102 Å². The van der Waals surface area contributed by atoms with Crippen molar-refractivity contribution in [2.45, 2.75) is 6.43 Å². The van der Waals surface area contributed by atoms with E-state index in [2.05, 4.69) is 4.98 Å². The number of halogens is 2. The third kappa shape index (κ3) is 2.20. The van der Waals surface area contributed by atoms with Crippen molar-refractivity contribution < 1.29 is 13.6 Å². The zero-order valence-corrected chi connectivity index (χ0v) is 9.31. The van der Waals surface area contributed by atoms with Gasteiger partial charge in [-0.05, 0) is 18.2 Å². The number of carbonyl (C=O) groups is 1. The molecular formula is C13H10F2N2O. The molecule has 0 aliphatic carbocycles. The van der Waals surface area contributed by atoms with Gasteiger partial charge in [-0.2, -0.15) is 0 Å². The lowest BCUT2D eigenvalue weighted by Crippen LogP contribution is -2.08. The van der Waals surface area contributed by atoms with Crippen LogP contribution < -0.4 is 5.73 Å². The van der Waals surface area contributed by atoms with Crippen LogP contribution in [-0.2, 0) is 0 Å². The van der Waals surface area contributed by atoms with Gasteiger partial charge in [0.1, 0.15) is 0 Å². The largest absolute Gasteiger partial charge is 0.398 e. The number of anilines is 1. The number of ketones is 1. The van der Waals surface area contributed by atoms with Crippen LogP contribution in [0.4, 0.5) is 14.5 Å². The molecule has 0 aliphatic heterocycles. The normalized spacial score (nSPS) is 10.6. The van der Waals surface area contributed by atoms with Crippen molar-refractivity contribution in [2.24, 2.45) is 0 Å². The summed E-state index contributed by atoms with van der Waals surface area (Å²) in [6.07, 6.45) is 0.193. The Morgan fingerprint density at radius 3 is 2.61 bits per heavy atom. The van der Waals surface area contributed by atoms with Gasteiger partial charge in [-0.15, -0.1) is 0 Å². The van der Waals surface area contributed by atoms with Crippen molar-refractivity contribution in [3.05, 3.63) is 59.4 Å². The summed E-state index contributed by atoms with van der Waals surface area (Å²) < 4.78 is 25.3. The molecule has 0 bridgehead atoms. The molecule has 0 radical (unpaired) electrons. The summed E-state index contributed by atoms with van der Waals surface area (Å²) >= 11 is 0. The lowest BCUT2D eigenvalue weighted by molar-refractivity contribution is 0.103. The maximum absolute atomic E-state index is 12.7. The third-order valence-electron chi connectivity index (χ3n) is 2.54. The van der Waals surface area contributed by atoms with E-state index in [1.165, 1.54) is 30.6 Å². The zero-order chi connectivity index (χ0) is 13.1. The third-order valence-corrected chi connectivity index (χ3v) is 2.54. The minimum absolute atomic E-state index is 0.0702. The van der Waals surface area contributed by atoms with Gasteiger partial charge in [0.15, 0.2) is 5.78 Å². The van der Waals surface area contributed by atoms with Gasteiger partial charge in [0.05, 0.1) is 5.69 Å². The lowest BCUT2D eigenvalue weighted by atomic mass is 10.00. The molecule has 0 amide bonds. The average Bonchev–Trinajstić information content (AvgIpc) is 2.39. The molecule has 0 spiro atoms. The second-order valence-corrected chi connectivity index (χ2v) is 3.68. The molecular weight excluding hydrogens is 238 g/mol. The molecule has 0 fully saturated rings. The van der Waals surface area contributed by atoms with Crippen LogP contribution in [0.2, 0.25) is 0 Å². The predicted octanol–water partition coefficient (Wildman–Crippen LogP) is 2.83. The van der Waals surface area contributed by atoms with E-state index in [9.17, 15) is 13.6 Å². The quantitative estimate of drug-likeness (QED) is 0.671. The highest BCUT2D eigenvalue weighted by molar-refractivity contribution is 6.12. The van der Waals surface area contributed by atoms with E-state index >= 15 is 0 Å². The molecule has 18 heavy (non-hydrogen) atoms. The van der Waals surface area contributed by atoms with E-state index in [1.54, 1.807) is 12.1 Å². The lowest BCUT2D eigenvalue weighted by Gasteiger charge is -2.09. The molecule has 0 saturated carbocycles. The second-order valence-electron chi connectivity index (χ2n) is 3.68. The molecule has 2 rings (SSSR count). The number of pyridine rings is 1. The molecule has 1 heterocycles. The van der Waals surface area contributed by atoms with Gasteiger partial charge in [0, 0.05) is 29.1 Å². The minimum atomic E-state index is -2.70. The Kier molecular flexibility index (Phi) is 3.32. The van der Waals surface area contributed by atoms with Gasteiger partial charge in [0.2, 0.25) is 0 Å². The highest BCUT2D eigenvalue weighted by Gasteiger charge is 2.18. The first-order valence-electron chi connectivity index (χ1n) is 5.22. The highest BCUT2D eigenvalue weighted by Crippen LogP contribution is 2.28. The summed E-state index contributed by atoms with van der Waals surface area (Å²) in [4.78, 5) is 15.9. The van der Waals surface area contributed by atoms with Crippen LogP contribution in [0.5, 0.6) is 0 Å². The maximum Gasteiger partial charge on any atom is 0.265 e. The van der Waals surface area contributed by atoms with Crippen molar-refractivity contribution in [2.75, 3.05) is 5.73 Å². The van der Waals surface area contributed by atoms with Crippen LogP contribution in [0.3, 0.4) is 0 Å².